The molecule has 0 aromatic carbocycles. The van der Waals surface area contributed by atoms with Crippen LogP contribution in [0.25, 0.3) is 11.6 Å². The SMILES string of the molecule is COCCn1c(-c2oc(C)nc2C)nnc1S(=O)(=O)Cl. The van der Waals surface area contributed by atoms with Crippen molar-refractivity contribution in [1.82, 2.24) is 19.7 Å². The molecule has 0 saturated heterocycles. The molecule has 0 amide bonds. The summed E-state index contributed by atoms with van der Waals surface area (Å²) in [5.41, 5.74) is 0.590. The summed E-state index contributed by atoms with van der Waals surface area (Å²) in [7, 11) is 2.84. The summed E-state index contributed by atoms with van der Waals surface area (Å²) in [4.78, 5) is 4.12. The van der Waals surface area contributed by atoms with E-state index in [1.54, 1.807) is 13.8 Å². The van der Waals surface area contributed by atoms with Crippen molar-refractivity contribution in [2.75, 3.05) is 13.7 Å². The molecule has 0 aliphatic heterocycles. The second-order valence-electron chi connectivity index (χ2n) is 4.04. The van der Waals surface area contributed by atoms with E-state index < -0.39 is 9.05 Å². The molecule has 0 aliphatic carbocycles. The highest BCUT2D eigenvalue weighted by Crippen LogP contribution is 2.25. The number of aromatic nitrogens is 4. The summed E-state index contributed by atoms with van der Waals surface area (Å²) in [5.74, 6) is 1.06. The average molecular weight is 321 g/mol. The van der Waals surface area contributed by atoms with Gasteiger partial charge in [-0.3, -0.25) is 4.57 Å². The van der Waals surface area contributed by atoms with Crippen molar-refractivity contribution in [3.05, 3.63) is 11.6 Å². The molecule has 0 fully saturated rings. The van der Waals surface area contributed by atoms with Gasteiger partial charge in [0.05, 0.1) is 18.8 Å². The van der Waals surface area contributed by atoms with E-state index in [0.29, 0.717) is 17.3 Å². The lowest BCUT2D eigenvalue weighted by Crippen LogP contribution is -2.11. The first-order chi connectivity index (χ1) is 9.34. The van der Waals surface area contributed by atoms with Gasteiger partial charge in [0.15, 0.2) is 11.7 Å². The Hall–Kier alpha value is -1.45. The predicted octanol–water partition coefficient (Wildman–Crippen LogP) is 1.12. The van der Waals surface area contributed by atoms with Crippen LogP contribution in [-0.4, -0.2) is 41.9 Å². The van der Waals surface area contributed by atoms with Gasteiger partial charge in [0.1, 0.15) is 0 Å². The molecule has 0 radical (unpaired) electrons. The van der Waals surface area contributed by atoms with Crippen LogP contribution >= 0.6 is 10.7 Å². The van der Waals surface area contributed by atoms with Crippen molar-refractivity contribution in [2.45, 2.75) is 25.5 Å². The van der Waals surface area contributed by atoms with Gasteiger partial charge in [-0.05, 0) is 6.92 Å². The van der Waals surface area contributed by atoms with E-state index in [9.17, 15) is 8.42 Å². The van der Waals surface area contributed by atoms with Crippen LogP contribution in [0, 0.1) is 13.8 Å². The molecule has 0 saturated carbocycles. The summed E-state index contributed by atoms with van der Waals surface area (Å²) in [6.45, 7) is 3.91. The maximum Gasteiger partial charge on any atom is 0.296 e. The number of hydrogen-bond acceptors (Lipinski definition) is 7. The highest BCUT2D eigenvalue weighted by atomic mass is 35.7. The molecular formula is C10H13ClN4O4S. The molecule has 2 heterocycles. The number of nitrogens with zero attached hydrogens (tertiary/aromatic N) is 4. The summed E-state index contributed by atoms with van der Waals surface area (Å²) in [6, 6.07) is 0. The predicted molar refractivity (Wildman–Crippen MR) is 69.9 cm³/mol. The van der Waals surface area contributed by atoms with E-state index in [0.717, 1.165) is 0 Å². The monoisotopic (exact) mass is 320 g/mol. The molecule has 10 heteroatoms. The number of aryl methyl sites for hydroxylation is 2. The quantitative estimate of drug-likeness (QED) is 0.761. The molecule has 0 unspecified atom stereocenters. The fraction of sp³-hybridized carbons (Fsp3) is 0.500. The van der Waals surface area contributed by atoms with Gasteiger partial charge < -0.3 is 9.15 Å². The van der Waals surface area contributed by atoms with Crippen LogP contribution in [0.3, 0.4) is 0 Å². The van der Waals surface area contributed by atoms with Gasteiger partial charge in [-0.1, -0.05) is 0 Å². The summed E-state index contributed by atoms with van der Waals surface area (Å²) < 4.78 is 34.7. The standard InChI is InChI=1S/C10H13ClN4O4S/c1-6-8(19-7(2)12-6)9-13-14-10(20(11,16)17)15(9)4-5-18-3/h4-5H2,1-3H3. The second-order valence-corrected chi connectivity index (χ2v) is 6.50. The van der Waals surface area contributed by atoms with Gasteiger partial charge in [0.25, 0.3) is 14.2 Å². The van der Waals surface area contributed by atoms with Crippen LogP contribution in [0.5, 0.6) is 0 Å². The van der Waals surface area contributed by atoms with Crippen molar-refractivity contribution < 1.29 is 17.6 Å². The minimum absolute atomic E-state index is 0.222. The van der Waals surface area contributed by atoms with E-state index in [2.05, 4.69) is 15.2 Å². The summed E-state index contributed by atoms with van der Waals surface area (Å²) >= 11 is 0. The molecule has 2 rings (SSSR count). The Bertz CT molecular complexity index is 722. The Kier molecular flexibility index (Phi) is 4.11. The summed E-state index contributed by atoms with van der Waals surface area (Å²) in [6.07, 6.45) is 0. The normalized spacial score (nSPS) is 12.0. The lowest BCUT2D eigenvalue weighted by Gasteiger charge is -2.06. The van der Waals surface area contributed by atoms with Crippen molar-refractivity contribution in [2.24, 2.45) is 0 Å². The van der Waals surface area contributed by atoms with Crippen LogP contribution in [0.2, 0.25) is 0 Å². The molecule has 2 aromatic rings. The molecular weight excluding hydrogens is 308 g/mol. The number of methoxy groups -OCH3 is 1. The lowest BCUT2D eigenvalue weighted by atomic mass is 10.3. The highest BCUT2D eigenvalue weighted by molar-refractivity contribution is 8.13. The van der Waals surface area contributed by atoms with E-state index >= 15 is 0 Å². The van der Waals surface area contributed by atoms with Gasteiger partial charge in [-0.15, -0.1) is 10.2 Å². The van der Waals surface area contributed by atoms with Gasteiger partial charge in [-0.2, -0.15) is 0 Å². The smallest absolute Gasteiger partial charge is 0.296 e. The Morgan fingerprint density at radius 1 is 1.35 bits per heavy atom. The number of rotatable bonds is 5. The number of ether oxygens (including phenoxy) is 1. The second kappa shape index (κ2) is 5.51. The maximum atomic E-state index is 11.5. The topological polar surface area (TPSA) is 100 Å². The highest BCUT2D eigenvalue weighted by Gasteiger charge is 2.26. The van der Waals surface area contributed by atoms with Crippen LogP contribution < -0.4 is 0 Å². The Labute approximate surface area is 120 Å². The number of hydrogen-bond donors (Lipinski definition) is 0. The van der Waals surface area contributed by atoms with Crippen LogP contribution in [0.15, 0.2) is 9.57 Å². The Morgan fingerprint density at radius 3 is 2.55 bits per heavy atom. The molecule has 0 N–H and O–H groups in total. The third-order valence-electron chi connectivity index (χ3n) is 2.56. The number of halogens is 1. The molecule has 0 bridgehead atoms. The molecule has 110 valence electrons. The molecule has 0 atom stereocenters. The van der Waals surface area contributed by atoms with Crippen molar-refractivity contribution in [1.29, 1.82) is 0 Å². The van der Waals surface area contributed by atoms with E-state index in [1.807, 2.05) is 0 Å². The molecule has 20 heavy (non-hydrogen) atoms. The molecule has 8 nitrogen and oxygen atoms in total. The van der Waals surface area contributed by atoms with Gasteiger partial charge in [-0.25, -0.2) is 13.4 Å². The van der Waals surface area contributed by atoms with Crippen molar-refractivity contribution >= 4 is 19.7 Å². The Morgan fingerprint density at radius 2 is 2.05 bits per heavy atom. The first kappa shape index (κ1) is 14.9. The van der Waals surface area contributed by atoms with E-state index in [4.69, 9.17) is 19.8 Å². The molecule has 0 spiro atoms. The van der Waals surface area contributed by atoms with Crippen LogP contribution in [0.1, 0.15) is 11.6 Å². The van der Waals surface area contributed by atoms with Crippen LogP contribution in [-0.2, 0) is 20.3 Å². The zero-order chi connectivity index (χ0) is 14.9. The van der Waals surface area contributed by atoms with E-state index in [1.165, 1.54) is 11.7 Å². The third-order valence-corrected chi connectivity index (χ3v) is 3.71. The zero-order valence-electron chi connectivity index (χ0n) is 11.1. The van der Waals surface area contributed by atoms with Gasteiger partial charge in [0, 0.05) is 24.7 Å². The van der Waals surface area contributed by atoms with Crippen molar-refractivity contribution in [3.63, 3.8) is 0 Å². The number of oxazole rings is 1. The first-order valence-corrected chi connectivity index (χ1v) is 7.96. The zero-order valence-corrected chi connectivity index (χ0v) is 12.7. The average Bonchev–Trinajstić information content (AvgIpc) is 2.88. The summed E-state index contributed by atoms with van der Waals surface area (Å²) in [5, 5.41) is 7.11. The fourth-order valence-electron chi connectivity index (χ4n) is 1.76. The third kappa shape index (κ3) is 2.84. The van der Waals surface area contributed by atoms with Crippen LogP contribution in [0.4, 0.5) is 0 Å². The minimum Gasteiger partial charge on any atom is -0.437 e. The lowest BCUT2D eigenvalue weighted by molar-refractivity contribution is 0.185. The minimum atomic E-state index is -4.01. The Balaban J connectivity index is 2.59. The van der Waals surface area contributed by atoms with Gasteiger partial charge in [0.2, 0.25) is 5.82 Å². The van der Waals surface area contributed by atoms with Gasteiger partial charge >= 0.3 is 0 Å². The maximum absolute atomic E-state index is 11.5. The van der Waals surface area contributed by atoms with Crippen molar-refractivity contribution in [3.8, 4) is 11.6 Å². The fourth-order valence-corrected chi connectivity index (χ4v) is 2.68. The van der Waals surface area contributed by atoms with E-state index in [-0.39, 0.29) is 24.1 Å². The first-order valence-electron chi connectivity index (χ1n) is 5.65. The molecule has 2 aromatic heterocycles. The largest absolute Gasteiger partial charge is 0.437 e. The molecule has 0 aliphatic rings.